The SMILES string of the molecule is CC(O)CN1C(=O)CCC(C(=O)O)C1c1ccccc1C(F)(F)F. The van der Waals surface area contributed by atoms with Crippen LogP contribution in [0.25, 0.3) is 0 Å². The number of nitrogens with zero attached hydrogens (tertiary/aromatic N) is 1. The molecule has 3 atom stereocenters. The van der Waals surface area contributed by atoms with Gasteiger partial charge in [-0.2, -0.15) is 13.2 Å². The second-order valence-corrected chi connectivity index (χ2v) is 5.91. The number of aliphatic carboxylic acids is 1. The number of aliphatic hydroxyl groups excluding tert-OH is 1. The summed E-state index contributed by atoms with van der Waals surface area (Å²) in [5, 5.41) is 19.0. The summed E-state index contributed by atoms with van der Waals surface area (Å²) in [7, 11) is 0. The highest BCUT2D eigenvalue weighted by atomic mass is 19.4. The molecule has 0 spiro atoms. The number of aliphatic hydroxyl groups is 1. The molecule has 1 saturated heterocycles. The van der Waals surface area contributed by atoms with Gasteiger partial charge in [-0.15, -0.1) is 0 Å². The van der Waals surface area contributed by atoms with E-state index in [1.54, 1.807) is 0 Å². The molecule has 1 heterocycles. The van der Waals surface area contributed by atoms with Crippen LogP contribution in [0.15, 0.2) is 24.3 Å². The number of carboxylic acids is 1. The van der Waals surface area contributed by atoms with Gasteiger partial charge in [-0.25, -0.2) is 0 Å². The number of carbonyl (C=O) groups is 2. The maximum Gasteiger partial charge on any atom is 0.416 e. The molecular formula is C16H18F3NO4. The molecule has 0 bridgehead atoms. The zero-order chi connectivity index (χ0) is 18.1. The van der Waals surface area contributed by atoms with Crippen molar-refractivity contribution in [1.82, 2.24) is 4.90 Å². The van der Waals surface area contributed by atoms with E-state index in [9.17, 15) is 33.0 Å². The number of rotatable bonds is 4. The van der Waals surface area contributed by atoms with Gasteiger partial charge in [-0.05, 0) is 25.0 Å². The van der Waals surface area contributed by atoms with E-state index in [1.165, 1.54) is 25.1 Å². The van der Waals surface area contributed by atoms with Gasteiger partial charge in [0.25, 0.3) is 0 Å². The number of alkyl halides is 3. The lowest BCUT2D eigenvalue weighted by Gasteiger charge is -2.41. The first-order valence-electron chi connectivity index (χ1n) is 7.49. The summed E-state index contributed by atoms with van der Waals surface area (Å²) in [6, 6.07) is 3.39. The van der Waals surface area contributed by atoms with Crippen LogP contribution in [-0.4, -0.2) is 39.6 Å². The molecule has 24 heavy (non-hydrogen) atoms. The maximum atomic E-state index is 13.3. The molecule has 1 amide bonds. The fourth-order valence-corrected chi connectivity index (χ4v) is 3.11. The van der Waals surface area contributed by atoms with E-state index < -0.39 is 41.7 Å². The van der Waals surface area contributed by atoms with Crippen molar-refractivity contribution in [3.63, 3.8) is 0 Å². The summed E-state index contributed by atoms with van der Waals surface area (Å²) in [4.78, 5) is 24.8. The zero-order valence-corrected chi connectivity index (χ0v) is 13.0. The Hall–Kier alpha value is -2.09. The van der Waals surface area contributed by atoms with Gasteiger partial charge in [-0.3, -0.25) is 9.59 Å². The lowest BCUT2D eigenvalue weighted by Crippen LogP contribution is -2.48. The molecule has 8 heteroatoms. The molecule has 1 aliphatic rings. The minimum Gasteiger partial charge on any atom is -0.481 e. The molecule has 0 radical (unpaired) electrons. The number of piperidine rings is 1. The Morgan fingerprint density at radius 2 is 2.00 bits per heavy atom. The van der Waals surface area contributed by atoms with E-state index >= 15 is 0 Å². The maximum absolute atomic E-state index is 13.3. The lowest BCUT2D eigenvalue weighted by molar-refractivity contribution is -0.155. The number of likely N-dealkylation sites (tertiary alicyclic amines) is 1. The highest BCUT2D eigenvalue weighted by molar-refractivity contribution is 5.82. The standard InChI is InChI=1S/C16H18F3NO4/c1-9(21)8-20-13(22)7-6-11(15(23)24)14(20)10-4-2-3-5-12(10)16(17,18)19/h2-5,9,11,14,21H,6-8H2,1H3,(H,23,24). The first-order valence-corrected chi connectivity index (χ1v) is 7.49. The van der Waals surface area contributed by atoms with E-state index in [1.807, 2.05) is 0 Å². The number of benzene rings is 1. The van der Waals surface area contributed by atoms with Crippen molar-refractivity contribution in [3.8, 4) is 0 Å². The average Bonchev–Trinajstić information content (AvgIpc) is 2.47. The van der Waals surface area contributed by atoms with Crippen molar-refractivity contribution in [3.05, 3.63) is 35.4 Å². The number of carboxylic acid groups (broad SMARTS) is 1. The van der Waals surface area contributed by atoms with Crippen LogP contribution < -0.4 is 0 Å². The minimum atomic E-state index is -4.67. The quantitative estimate of drug-likeness (QED) is 0.879. The smallest absolute Gasteiger partial charge is 0.416 e. The largest absolute Gasteiger partial charge is 0.481 e. The van der Waals surface area contributed by atoms with Crippen LogP contribution in [0.2, 0.25) is 0 Å². The molecule has 1 aliphatic heterocycles. The highest BCUT2D eigenvalue weighted by Gasteiger charge is 2.45. The first kappa shape index (κ1) is 18.3. The Labute approximate surface area is 136 Å². The highest BCUT2D eigenvalue weighted by Crippen LogP contribution is 2.42. The molecule has 0 saturated carbocycles. The Morgan fingerprint density at radius 3 is 2.54 bits per heavy atom. The molecule has 2 N–H and O–H groups in total. The summed E-state index contributed by atoms with van der Waals surface area (Å²) in [5.41, 5.74) is -1.22. The summed E-state index contributed by atoms with van der Waals surface area (Å²) < 4.78 is 40.0. The molecule has 0 aliphatic carbocycles. The van der Waals surface area contributed by atoms with Crippen molar-refractivity contribution in [2.24, 2.45) is 5.92 Å². The minimum absolute atomic E-state index is 0.0403. The number of hydrogen-bond donors (Lipinski definition) is 2. The molecule has 0 aromatic heterocycles. The van der Waals surface area contributed by atoms with E-state index in [-0.39, 0.29) is 24.9 Å². The zero-order valence-electron chi connectivity index (χ0n) is 13.0. The van der Waals surface area contributed by atoms with Gasteiger partial charge < -0.3 is 15.1 Å². The molecule has 1 aromatic rings. The number of halogens is 3. The molecular weight excluding hydrogens is 327 g/mol. The third-order valence-corrected chi connectivity index (χ3v) is 4.07. The number of amides is 1. The molecule has 1 fully saturated rings. The second kappa shape index (κ2) is 6.80. The number of hydrogen-bond acceptors (Lipinski definition) is 3. The molecule has 2 rings (SSSR count). The fraction of sp³-hybridized carbons (Fsp3) is 0.500. The van der Waals surface area contributed by atoms with Gasteiger partial charge in [0.15, 0.2) is 0 Å². The van der Waals surface area contributed by atoms with Crippen LogP contribution in [0, 0.1) is 5.92 Å². The van der Waals surface area contributed by atoms with Crippen LogP contribution in [-0.2, 0) is 15.8 Å². The van der Waals surface area contributed by atoms with Gasteiger partial charge >= 0.3 is 12.1 Å². The van der Waals surface area contributed by atoms with E-state index in [4.69, 9.17) is 0 Å². The van der Waals surface area contributed by atoms with Crippen LogP contribution in [0.4, 0.5) is 13.2 Å². The van der Waals surface area contributed by atoms with Crippen molar-refractivity contribution in [1.29, 1.82) is 0 Å². The Kier molecular flexibility index (Phi) is 5.17. The molecule has 132 valence electrons. The first-order chi connectivity index (χ1) is 11.1. The fourth-order valence-electron chi connectivity index (χ4n) is 3.11. The van der Waals surface area contributed by atoms with Gasteiger partial charge in [0.2, 0.25) is 5.91 Å². The van der Waals surface area contributed by atoms with Crippen molar-refractivity contribution >= 4 is 11.9 Å². The van der Waals surface area contributed by atoms with Crippen LogP contribution in [0.3, 0.4) is 0 Å². The number of carbonyl (C=O) groups excluding carboxylic acids is 1. The lowest BCUT2D eigenvalue weighted by atomic mass is 9.82. The summed E-state index contributed by atoms with van der Waals surface area (Å²) in [6.45, 7) is 1.17. The molecule has 5 nitrogen and oxygen atoms in total. The molecule has 3 unspecified atom stereocenters. The van der Waals surface area contributed by atoms with Gasteiger partial charge in [0.1, 0.15) is 0 Å². The number of β-amino-alcohol motifs (C(OH)–C–C–N with tert-alkyl or cyclic N) is 1. The summed E-state index contributed by atoms with van der Waals surface area (Å²) >= 11 is 0. The Balaban J connectivity index is 2.58. The monoisotopic (exact) mass is 345 g/mol. The third-order valence-electron chi connectivity index (χ3n) is 4.07. The Bertz CT molecular complexity index is 630. The van der Waals surface area contributed by atoms with Crippen molar-refractivity contribution in [2.45, 2.75) is 38.1 Å². The second-order valence-electron chi connectivity index (χ2n) is 5.91. The predicted molar refractivity (Wildman–Crippen MR) is 77.9 cm³/mol. The van der Waals surface area contributed by atoms with Gasteiger partial charge in [-0.1, -0.05) is 18.2 Å². The predicted octanol–water partition coefficient (Wildman–Crippen LogP) is 2.45. The summed E-state index contributed by atoms with van der Waals surface area (Å²) in [6.07, 6.45) is -5.77. The van der Waals surface area contributed by atoms with Gasteiger partial charge in [0.05, 0.1) is 23.6 Å². The summed E-state index contributed by atoms with van der Waals surface area (Å²) in [5.74, 6) is -2.89. The topological polar surface area (TPSA) is 77.8 Å². The Morgan fingerprint density at radius 1 is 1.38 bits per heavy atom. The van der Waals surface area contributed by atoms with Crippen LogP contribution in [0.5, 0.6) is 0 Å². The third kappa shape index (κ3) is 3.69. The average molecular weight is 345 g/mol. The van der Waals surface area contributed by atoms with Crippen LogP contribution >= 0.6 is 0 Å². The van der Waals surface area contributed by atoms with E-state index in [0.29, 0.717) is 0 Å². The molecule has 1 aromatic carbocycles. The van der Waals surface area contributed by atoms with Crippen molar-refractivity contribution in [2.75, 3.05) is 6.54 Å². The normalized spacial score (nSPS) is 23.2. The van der Waals surface area contributed by atoms with Crippen molar-refractivity contribution < 1.29 is 33.0 Å². The van der Waals surface area contributed by atoms with E-state index in [0.717, 1.165) is 11.0 Å². The van der Waals surface area contributed by atoms with Crippen LogP contribution in [0.1, 0.15) is 36.9 Å². The van der Waals surface area contributed by atoms with E-state index in [2.05, 4.69) is 0 Å². The van der Waals surface area contributed by atoms with Gasteiger partial charge in [0, 0.05) is 13.0 Å².